The summed E-state index contributed by atoms with van der Waals surface area (Å²) >= 11 is 0. The number of nitrogens with zero attached hydrogens (tertiary/aromatic N) is 2. The van der Waals surface area contributed by atoms with Crippen molar-refractivity contribution in [1.29, 1.82) is 0 Å². The number of amides is 2. The number of nitrogens with one attached hydrogen (secondary N) is 2. The van der Waals surface area contributed by atoms with Crippen molar-refractivity contribution in [3.63, 3.8) is 0 Å². The molecule has 1 heterocycles. The van der Waals surface area contributed by atoms with Gasteiger partial charge in [-0.1, -0.05) is 36.4 Å². The molecule has 0 fully saturated rings. The van der Waals surface area contributed by atoms with Gasteiger partial charge in [0.1, 0.15) is 5.82 Å². The molecule has 1 aromatic heterocycles. The molecule has 0 radical (unpaired) electrons. The minimum atomic E-state index is -0.313. The first-order valence-corrected chi connectivity index (χ1v) is 8.57. The van der Waals surface area contributed by atoms with Gasteiger partial charge in [-0.3, -0.25) is 9.59 Å². The highest BCUT2D eigenvalue weighted by atomic mass is 16.2. The van der Waals surface area contributed by atoms with Crippen molar-refractivity contribution in [2.24, 2.45) is 5.10 Å². The average molecular weight is 360 g/mol. The molecule has 0 saturated heterocycles. The lowest BCUT2D eigenvalue weighted by Crippen LogP contribution is -2.22. The average Bonchev–Trinajstić information content (AvgIpc) is 2.65. The summed E-state index contributed by atoms with van der Waals surface area (Å²) in [5.74, 6) is -0.0618. The van der Waals surface area contributed by atoms with Gasteiger partial charge in [-0.2, -0.15) is 5.10 Å². The molecule has 0 bridgehead atoms. The Kier molecular flexibility index (Phi) is 5.56. The van der Waals surface area contributed by atoms with Crippen LogP contribution in [0, 0.1) is 6.92 Å². The number of pyridine rings is 1. The third-order valence-electron chi connectivity index (χ3n) is 3.98. The first-order chi connectivity index (χ1) is 13.0. The zero-order valence-corrected chi connectivity index (χ0v) is 15.2. The largest absolute Gasteiger partial charge is 0.310 e. The zero-order chi connectivity index (χ0) is 19.2. The van der Waals surface area contributed by atoms with E-state index in [1.807, 2.05) is 49.4 Å². The zero-order valence-electron chi connectivity index (χ0n) is 15.2. The number of rotatable bonds is 5. The summed E-state index contributed by atoms with van der Waals surface area (Å²) in [7, 11) is 0. The number of fused-ring (bicyclic) bond motifs is 1. The number of carbonyl (C=O) groups excluding carboxylic acids is 2. The molecular weight excluding hydrogens is 340 g/mol. The third-order valence-corrected chi connectivity index (χ3v) is 3.98. The molecule has 0 unspecified atom stereocenters. The van der Waals surface area contributed by atoms with Crippen LogP contribution < -0.4 is 10.7 Å². The number of hydrogen-bond donors (Lipinski definition) is 2. The van der Waals surface area contributed by atoms with Crippen LogP contribution in [0.2, 0.25) is 0 Å². The number of hydrazone groups is 1. The number of benzene rings is 2. The van der Waals surface area contributed by atoms with Crippen LogP contribution in [0.4, 0.5) is 5.82 Å². The Morgan fingerprint density at radius 3 is 2.67 bits per heavy atom. The summed E-state index contributed by atoms with van der Waals surface area (Å²) in [5, 5.41) is 8.59. The maximum absolute atomic E-state index is 12.4. The van der Waals surface area contributed by atoms with E-state index in [1.54, 1.807) is 25.3 Å². The van der Waals surface area contributed by atoms with Gasteiger partial charge in [0, 0.05) is 17.5 Å². The lowest BCUT2D eigenvalue weighted by atomic mass is 10.0. The fourth-order valence-corrected chi connectivity index (χ4v) is 2.69. The maximum Gasteiger partial charge on any atom is 0.271 e. The van der Waals surface area contributed by atoms with Gasteiger partial charge < -0.3 is 5.32 Å². The highest BCUT2D eigenvalue weighted by Crippen LogP contribution is 2.18. The minimum absolute atomic E-state index is 0.0610. The molecule has 0 spiro atoms. The number of carbonyl (C=O) groups is 2. The Bertz CT molecular complexity index is 1020. The van der Waals surface area contributed by atoms with E-state index in [0.717, 1.165) is 16.3 Å². The van der Waals surface area contributed by atoms with Crippen LogP contribution in [0.3, 0.4) is 0 Å². The molecule has 0 aliphatic heterocycles. The van der Waals surface area contributed by atoms with Crippen LogP contribution in [0.5, 0.6) is 0 Å². The molecule has 0 atom stereocenters. The van der Waals surface area contributed by atoms with E-state index in [4.69, 9.17) is 0 Å². The van der Waals surface area contributed by atoms with Gasteiger partial charge in [0.15, 0.2) is 0 Å². The predicted molar refractivity (Wildman–Crippen MR) is 107 cm³/mol. The van der Waals surface area contributed by atoms with Gasteiger partial charge in [0.05, 0.1) is 6.42 Å². The Labute approximate surface area is 157 Å². The fourth-order valence-electron chi connectivity index (χ4n) is 2.69. The molecule has 136 valence electrons. The van der Waals surface area contributed by atoms with Crippen molar-refractivity contribution in [3.05, 3.63) is 71.9 Å². The molecule has 2 aromatic carbocycles. The molecule has 3 rings (SSSR count). The van der Waals surface area contributed by atoms with Crippen molar-refractivity contribution in [2.75, 3.05) is 5.32 Å². The molecule has 2 amide bonds. The standard InChI is InChI=1S/C21H20N4O2/c1-14-10-11-22-19(12-14)23-20(26)13-15(2)24-25-21(27)18-9-5-7-16-6-3-4-8-17(16)18/h3-12H,13H2,1-2H3,(H,25,27)(H,22,23,26)/b24-15+. The van der Waals surface area contributed by atoms with E-state index in [2.05, 4.69) is 20.8 Å². The first-order valence-electron chi connectivity index (χ1n) is 8.57. The third kappa shape index (κ3) is 4.76. The molecule has 3 aromatic rings. The number of aryl methyl sites for hydroxylation is 1. The van der Waals surface area contributed by atoms with Crippen LogP contribution >= 0.6 is 0 Å². The Balaban J connectivity index is 1.62. The Morgan fingerprint density at radius 2 is 1.85 bits per heavy atom. The molecule has 27 heavy (non-hydrogen) atoms. The second kappa shape index (κ2) is 8.23. The number of hydrogen-bond acceptors (Lipinski definition) is 4. The summed E-state index contributed by atoms with van der Waals surface area (Å²) in [6, 6.07) is 16.8. The monoisotopic (exact) mass is 360 g/mol. The summed E-state index contributed by atoms with van der Waals surface area (Å²) in [5.41, 5.74) is 4.56. The quantitative estimate of drug-likeness (QED) is 0.538. The molecule has 0 aliphatic rings. The molecule has 0 aliphatic carbocycles. The molecule has 2 N–H and O–H groups in total. The summed E-state index contributed by atoms with van der Waals surface area (Å²) in [6.07, 6.45) is 1.70. The minimum Gasteiger partial charge on any atom is -0.310 e. The highest BCUT2D eigenvalue weighted by molar-refractivity contribution is 6.08. The molecule has 0 saturated carbocycles. The maximum atomic E-state index is 12.4. The normalized spacial score (nSPS) is 11.3. The number of aromatic nitrogens is 1. The van der Waals surface area contributed by atoms with Crippen molar-refractivity contribution in [1.82, 2.24) is 10.4 Å². The topological polar surface area (TPSA) is 83.4 Å². The van der Waals surface area contributed by atoms with Gasteiger partial charge >= 0.3 is 0 Å². The second-order valence-electron chi connectivity index (χ2n) is 6.26. The highest BCUT2D eigenvalue weighted by Gasteiger charge is 2.10. The smallest absolute Gasteiger partial charge is 0.271 e. The van der Waals surface area contributed by atoms with Gasteiger partial charge in [-0.25, -0.2) is 10.4 Å². The van der Waals surface area contributed by atoms with E-state index >= 15 is 0 Å². The lowest BCUT2D eigenvalue weighted by molar-refractivity contribution is -0.115. The van der Waals surface area contributed by atoms with Crippen molar-refractivity contribution >= 4 is 34.1 Å². The van der Waals surface area contributed by atoms with Crippen LogP contribution in [-0.2, 0) is 4.79 Å². The van der Waals surface area contributed by atoms with Crippen LogP contribution in [0.15, 0.2) is 65.9 Å². The van der Waals surface area contributed by atoms with Gasteiger partial charge in [0.25, 0.3) is 5.91 Å². The summed E-state index contributed by atoms with van der Waals surface area (Å²) in [6.45, 7) is 3.61. The van der Waals surface area contributed by atoms with E-state index in [1.165, 1.54) is 0 Å². The van der Waals surface area contributed by atoms with Crippen LogP contribution in [0.1, 0.15) is 29.3 Å². The molecule has 6 nitrogen and oxygen atoms in total. The first kappa shape index (κ1) is 18.3. The molecular formula is C21H20N4O2. The van der Waals surface area contributed by atoms with Crippen molar-refractivity contribution in [2.45, 2.75) is 20.3 Å². The van der Waals surface area contributed by atoms with E-state index in [9.17, 15) is 9.59 Å². The van der Waals surface area contributed by atoms with Gasteiger partial charge in [0.2, 0.25) is 5.91 Å². The summed E-state index contributed by atoms with van der Waals surface area (Å²) < 4.78 is 0. The van der Waals surface area contributed by atoms with E-state index in [0.29, 0.717) is 17.1 Å². The Morgan fingerprint density at radius 1 is 1.07 bits per heavy atom. The SMILES string of the molecule is C/C(CC(=O)Nc1cc(C)ccn1)=N\NC(=O)c1cccc2ccccc12. The molecule has 6 heteroatoms. The van der Waals surface area contributed by atoms with Crippen LogP contribution in [-0.4, -0.2) is 22.5 Å². The van der Waals surface area contributed by atoms with E-state index in [-0.39, 0.29) is 18.2 Å². The van der Waals surface area contributed by atoms with Crippen molar-refractivity contribution < 1.29 is 9.59 Å². The fraction of sp³-hybridized carbons (Fsp3) is 0.143. The second-order valence-corrected chi connectivity index (χ2v) is 6.26. The number of anilines is 1. The summed E-state index contributed by atoms with van der Waals surface area (Å²) in [4.78, 5) is 28.6. The van der Waals surface area contributed by atoms with Gasteiger partial charge in [-0.15, -0.1) is 0 Å². The van der Waals surface area contributed by atoms with E-state index < -0.39 is 0 Å². The lowest BCUT2D eigenvalue weighted by Gasteiger charge is -2.07. The van der Waals surface area contributed by atoms with Crippen molar-refractivity contribution in [3.8, 4) is 0 Å². The van der Waals surface area contributed by atoms with Gasteiger partial charge in [-0.05, 0) is 48.4 Å². The Hall–Kier alpha value is -3.54. The van der Waals surface area contributed by atoms with Crippen LogP contribution in [0.25, 0.3) is 10.8 Å². The predicted octanol–water partition coefficient (Wildman–Crippen LogP) is 3.68.